The van der Waals surface area contributed by atoms with Crippen LogP contribution in [-0.2, 0) is 32.0 Å². The van der Waals surface area contributed by atoms with Crippen LogP contribution in [0.15, 0.2) is 6.20 Å². The largest absolute Gasteiger partial charge is 0.463 e. The normalized spacial score (nSPS) is 12.0. The topological polar surface area (TPSA) is 116 Å². The van der Waals surface area contributed by atoms with E-state index in [1.807, 2.05) is 0 Å². The summed E-state index contributed by atoms with van der Waals surface area (Å²) in [6, 6.07) is -0.194. The number of unbranched alkanes of at least 4 members (excludes halogenated alkanes) is 13. The van der Waals surface area contributed by atoms with E-state index < -0.39 is 0 Å². The molecule has 0 radical (unpaired) electrons. The fourth-order valence-electron chi connectivity index (χ4n) is 4.48. The van der Waals surface area contributed by atoms with Crippen molar-refractivity contribution in [2.24, 2.45) is 0 Å². The number of ether oxygens (including phenoxy) is 2. The molecule has 0 aliphatic rings. The van der Waals surface area contributed by atoms with Crippen LogP contribution in [0, 0.1) is 0 Å². The number of nitrogens with one attached hydrogen (secondary N) is 1. The van der Waals surface area contributed by atoms with Gasteiger partial charge < -0.3 is 19.9 Å². The van der Waals surface area contributed by atoms with E-state index in [4.69, 9.17) is 14.6 Å². The minimum absolute atomic E-state index is 0.00468. The summed E-state index contributed by atoms with van der Waals surface area (Å²) in [7, 11) is 0. The van der Waals surface area contributed by atoms with Gasteiger partial charge in [-0.15, -0.1) is 5.10 Å². The van der Waals surface area contributed by atoms with Crippen LogP contribution in [0.5, 0.6) is 0 Å². The number of carbonyl (C=O) groups is 2. The van der Waals surface area contributed by atoms with Crippen LogP contribution in [0.3, 0.4) is 0 Å². The fourth-order valence-corrected chi connectivity index (χ4v) is 4.48. The molecule has 1 atom stereocenters. The van der Waals surface area contributed by atoms with Crippen LogP contribution in [0.2, 0.25) is 0 Å². The van der Waals surface area contributed by atoms with Crippen LogP contribution in [-0.4, -0.2) is 64.4 Å². The molecule has 1 heterocycles. The smallest absolute Gasteiger partial charge is 0.306 e. The minimum Gasteiger partial charge on any atom is -0.463 e. The lowest BCUT2D eigenvalue weighted by Crippen LogP contribution is -2.41. The lowest BCUT2D eigenvalue weighted by atomic mass is 10.1. The first-order valence-corrected chi connectivity index (χ1v) is 15.6. The Balaban J connectivity index is 2.43. The zero-order valence-corrected chi connectivity index (χ0v) is 24.8. The molecular formula is C30H56N4O5. The highest BCUT2D eigenvalue weighted by molar-refractivity contribution is 5.76. The van der Waals surface area contributed by atoms with Gasteiger partial charge in [0, 0.05) is 25.6 Å². The Kier molecular flexibility index (Phi) is 22.5. The standard InChI is InChI=1S/C30H56N4O5/c1-3-5-7-9-11-13-15-17-22-38-26-28(31-29(36)18-16-14-12-10-8-6-4-2)25-34-24-27(32-33-34)19-20-30(37)39-23-21-35/h24,28,35H,3-23,25-26H2,1-2H3,(H,31,36). The first kappa shape index (κ1) is 35.0. The van der Waals surface area contributed by atoms with Crippen LogP contribution in [0.1, 0.15) is 129 Å². The van der Waals surface area contributed by atoms with Crippen molar-refractivity contribution in [3.8, 4) is 0 Å². The van der Waals surface area contributed by atoms with Crippen molar-refractivity contribution < 1.29 is 24.2 Å². The van der Waals surface area contributed by atoms with Crippen LogP contribution in [0.25, 0.3) is 0 Å². The van der Waals surface area contributed by atoms with Gasteiger partial charge in [-0.25, -0.2) is 0 Å². The Bertz CT molecular complexity index is 728. The summed E-state index contributed by atoms with van der Waals surface area (Å²) in [6.07, 6.45) is 21.2. The lowest BCUT2D eigenvalue weighted by Gasteiger charge is -2.19. The molecule has 9 heteroatoms. The fraction of sp³-hybridized carbons (Fsp3) is 0.867. The number of hydrogen-bond donors (Lipinski definition) is 2. The van der Waals surface area contributed by atoms with Gasteiger partial charge in [0.2, 0.25) is 5.91 Å². The third-order valence-electron chi connectivity index (χ3n) is 6.77. The second kappa shape index (κ2) is 25.0. The maximum absolute atomic E-state index is 12.6. The number of aryl methyl sites for hydroxylation is 1. The first-order valence-electron chi connectivity index (χ1n) is 15.6. The van der Waals surface area contributed by atoms with Crippen molar-refractivity contribution >= 4 is 11.9 Å². The number of nitrogens with zero attached hydrogens (tertiary/aromatic N) is 3. The van der Waals surface area contributed by atoms with Crippen LogP contribution >= 0.6 is 0 Å². The zero-order valence-electron chi connectivity index (χ0n) is 24.8. The molecule has 0 bridgehead atoms. The predicted octanol–water partition coefficient (Wildman–Crippen LogP) is 5.53. The van der Waals surface area contributed by atoms with Gasteiger partial charge in [0.15, 0.2) is 0 Å². The zero-order chi connectivity index (χ0) is 28.4. The third-order valence-corrected chi connectivity index (χ3v) is 6.77. The van der Waals surface area contributed by atoms with Gasteiger partial charge in [-0.3, -0.25) is 14.3 Å². The number of rotatable bonds is 27. The number of carbonyl (C=O) groups excluding carboxylic acids is 2. The van der Waals surface area contributed by atoms with Crippen molar-refractivity contribution in [1.29, 1.82) is 0 Å². The second-order valence-electron chi connectivity index (χ2n) is 10.6. The van der Waals surface area contributed by atoms with E-state index >= 15 is 0 Å². The Morgan fingerprint density at radius 1 is 0.872 bits per heavy atom. The summed E-state index contributed by atoms with van der Waals surface area (Å²) < 4.78 is 12.5. The van der Waals surface area contributed by atoms with E-state index in [-0.39, 0.29) is 37.6 Å². The monoisotopic (exact) mass is 552 g/mol. The van der Waals surface area contributed by atoms with Crippen LogP contribution < -0.4 is 5.32 Å². The number of amides is 1. The molecule has 1 aromatic heterocycles. The van der Waals surface area contributed by atoms with Gasteiger partial charge in [0.25, 0.3) is 0 Å². The highest BCUT2D eigenvalue weighted by atomic mass is 16.5. The van der Waals surface area contributed by atoms with Crippen molar-refractivity contribution in [3.05, 3.63) is 11.9 Å². The van der Waals surface area contributed by atoms with E-state index in [2.05, 4.69) is 29.5 Å². The van der Waals surface area contributed by atoms with Gasteiger partial charge >= 0.3 is 5.97 Å². The Morgan fingerprint density at radius 2 is 1.49 bits per heavy atom. The molecular weight excluding hydrogens is 496 g/mol. The summed E-state index contributed by atoms with van der Waals surface area (Å²) >= 11 is 0. The molecule has 226 valence electrons. The van der Waals surface area contributed by atoms with E-state index in [1.165, 1.54) is 77.0 Å². The average Bonchev–Trinajstić information content (AvgIpc) is 3.38. The Labute approximate surface area is 236 Å². The summed E-state index contributed by atoms with van der Waals surface area (Å²) in [6.45, 7) is 5.86. The highest BCUT2D eigenvalue weighted by Gasteiger charge is 2.15. The molecule has 2 N–H and O–H groups in total. The minimum atomic E-state index is -0.372. The molecule has 1 rings (SSSR count). The van der Waals surface area contributed by atoms with Gasteiger partial charge in [-0.2, -0.15) is 0 Å². The highest BCUT2D eigenvalue weighted by Crippen LogP contribution is 2.10. The molecule has 39 heavy (non-hydrogen) atoms. The maximum atomic E-state index is 12.6. The average molecular weight is 553 g/mol. The van der Waals surface area contributed by atoms with E-state index in [0.29, 0.717) is 38.3 Å². The molecule has 0 aliphatic heterocycles. The Hall–Kier alpha value is -2.00. The molecule has 1 unspecified atom stereocenters. The number of aliphatic hydroxyl groups is 1. The van der Waals surface area contributed by atoms with Crippen molar-refractivity contribution in [2.45, 2.75) is 142 Å². The lowest BCUT2D eigenvalue weighted by molar-refractivity contribution is -0.144. The molecule has 9 nitrogen and oxygen atoms in total. The van der Waals surface area contributed by atoms with Crippen LogP contribution in [0.4, 0.5) is 0 Å². The number of esters is 1. The first-order chi connectivity index (χ1) is 19.1. The van der Waals surface area contributed by atoms with Gasteiger partial charge in [0.05, 0.1) is 37.9 Å². The Morgan fingerprint density at radius 3 is 2.13 bits per heavy atom. The maximum Gasteiger partial charge on any atom is 0.306 e. The molecule has 0 fully saturated rings. The molecule has 0 saturated carbocycles. The van der Waals surface area contributed by atoms with E-state index in [1.54, 1.807) is 10.9 Å². The summed E-state index contributed by atoms with van der Waals surface area (Å²) in [5.41, 5.74) is 0.684. The molecule has 1 amide bonds. The molecule has 0 saturated heterocycles. The summed E-state index contributed by atoms with van der Waals surface area (Å²) in [5.74, 6) is -0.320. The number of aromatic nitrogens is 3. The number of aliphatic hydroxyl groups excluding tert-OH is 1. The number of hydrogen-bond acceptors (Lipinski definition) is 7. The van der Waals surface area contributed by atoms with E-state index in [9.17, 15) is 9.59 Å². The van der Waals surface area contributed by atoms with E-state index in [0.717, 1.165) is 19.3 Å². The molecule has 0 aromatic carbocycles. The summed E-state index contributed by atoms with van der Waals surface area (Å²) in [4.78, 5) is 24.3. The quantitative estimate of drug-likeness (QED) is 0.109. The SMILES string of the molecule is CCCCCCCCCCOCC(Cn1cc(CCC(=O)OCCO)nn1)NC(=O)CCCCCCCCC. The molecule has 0 spiro atoms. The van der Waals surface area contributed by atoms with Gasteiger partial charge in [0.1, 0.15) is 6.61 Å². The second-order valence-corrected chi connectivity index (χ2v) is 10.6. The molecule has 0 aliphatic carbocycles. The van der Waals surface area contributed by atoms with Gasteiger partial charge in [-0.05, 0) is 12.8 Å². The third kappa shape index (κ3) is 20.6. The molecule has 1 aromatic rings. The van der Waals surface area contributed by atoms with Crippen molar-refractivity contribution in [2.75, 3.05) is 26.4 Å². The summed E-state index contributed by atoms with van der Waals surface area (Å²) in [5, 5.41) is 20.2. The van der Waals surface area contributed by atoms with Crippen molar-refractivity contribution in [1.82, 2.24) is 20.3 Å². The van der Waals surface area contributed by atoms with Gasteiger partial charge in [-0.1, -0.05) is 103 Å². The van der Waals surface area contributed by atoms with Crippen molar-refractivity contribution in [3.63, 3.8) is 0 Å². The predicted molar refractivity (Wildman–Crippen MR) is 154 cm³/mol.